The maximum Gasteiger partial charge on any atom is 0.239 e. The molecule has 82 valence electrons. The Balaban J connectivity index is 2.73. The smallest absolute Gasteiger partial charge is 0.239 e. The highest BCUT2D eigenvalue weighted by Crippen LogP contribution is 2.19. The molecule has 1 rings (SSSR count). The van der Waals surface area contributed by atoms with Gasteiger partial charge >= 0.3 is 0 Å². The van der Waals surface area contributed by atoms with Gasteiger partial charge in [0.15, 0.2) is 0 Å². The van der Waals surface area contributed by atoms with Crippen molar-refractivity contribution in [1.29, 1.82) is 0 Å². The number of aromatic nitrogens is 2. The van der Waals surface area contributed by atoms with Crippen LogP contribution in [0.5, 0.6) is 5.88 Å². The van der Waals surface area contributed by atoms with Crippen molar-refractivity contribution < 1.29 is 9.53 Å². The van der Waals surface area contributed by atoms with Gasteiger partial charge in [-0.1, -0.05) is 0 Å². The van der Waals surface area contributed by atoms with Crippen molar-refractivity contribution in [2.24, 2.45) is 0 Å². The van der Waals surface area contributed by atoms with Gasteiger partial charge in [-0.05, 0) is 6.92 Å². The molecule has 0 aliphatic heterocycles. The van der Waals surface area contributed by atoms with Crippen LogP contribution in [0, 0.1) is 6.92 Å². The summed E-state index contributed by atoms with van der Waals surface area (Å²) in [6.07, 6.45) is 1.39. The number of likely N-dealkylation sites (N-methyl/N-ethyl adjacent to an activating group) is 1. The number of ether oxygens (including phenoxy) is 1. The van der Waals surface area contributed by atoms with E-state index >= 15 is 0 Å². The molecule has 0 unspecified atom stereocenters. The molecule has 0 saturated heterocycles. The zero-order valence-corrected chi connectivity index (χ0v) is 9.00. The van der Waals surface area contributed by atoms with Gasteiger partial charge in [0.2, 0.25) is 11.8 Å². The molecule has 0 aromatic carbocycles. The number of rotatable bonds is 4. The quantitative estimate of drug-likeness (QED) is 0.728. The van der Waals surface area contributed by atoms with Gasteiger partial charge in [0, 0.05) is 7.05 Å². The summed E-state index contributed by atoms with van der Waals surface area (Å²) >= 11 is 0. The van der Waals surface area contributed by atoms with E-state index in [0.717, 1.165) is 5.56 Å². The highest BCUT2D eigenvalue weighted by Gasteiger charge is 2.07. The van der Waals surface area contributed by atoms with Crippen LogP contribution in [-0.4, -0.2) is 36.6 Å². The number of nitrogens with zero attached hydrogens (tertiary/aromatic N) is 2. The minimum Gasteiger partial charge on any atom is -0.481 e. The third kappa shape index (κ3) is 2.80. The largest absolute Gasteiger partial charge is 0.481 e. The molecular formula is C9H14N4O2. The van der Waals surface area contributed by atoms with Crippen LogP contribution in [0.15, 0.2) is 6.33 Å². The second kappa shape index (κ2) is 5.14. The Morgan fingerprint density at radius 2 is 2.27 bits per heavy atom. The van der Waals surface area contributed by atoms with Crippen LogP contribution in [-0.2, 0) is 4.79 Å². The van der Waals surface area contributed by atoms with Crippen LogP contribution < -0.4 is 15.4 Å². The van der Waals surface area contributed by atoms with Gasteiger partial charge in [-0.3, -0.25) is 4.79 Å². The molecule has 0 aliphatic rings. The van der Waals surface area contributed by atoms with E-state index in [2.05, 4.69) is 20.6 Å². The van der Waals surface area contributed by atoms with Crippen LogP contribution in [0.1, 0.15) is 5.56 Å². The molecule has 1 aromatic rings. The fourth-order valence-corrected chi connectivity index (χ4v) is 1.07. The monoisotopic (exact) mass is 210 g/mol. The minimum absolute atomic E-state index is 0.105. The summed E-state index contributed by atoms with van der Waals surface area (Å²) in [5.74, 6) is 1.00. The molecule has 0 saturated carbocycles. The van der Waals surface area contributed by atoms with Crippen molar-refractivity contribution in [2.45, 2.75) is 6.92 Å². The molecule has 0 bridgehead atoms. The van der Waals surface area contributed by atoms with Crippen molar-refractivity contribution in [3.05, 3.63) is 11.9 Å². The highest BCUT2D eigenvalue weighted by atomic mass is 16.5. The molecule has 15 heavy (non-hydrogen) atoms. The Hall–Kier alpha value is -1.85. The summed E-state index contributed by atoms with van der Waals surface area (Å²) in [6, 6.07) is 0. The topological polar surface area (TPSA) is 76.1 Å². The first-order valence-corrected chi connectivity index (χ1v) is 4.49. The minimum atomic E-state index is -0.105. The normalized spacial score (nSPS) is 9.53. The van der Waals surface area contributed by atoms with E-state index in [4.69, 9.17) is 4.74 Å². The fraction of sp³-hybridized carbons (Fsp3) is 0.444. The SMILES string of the molecule is CNC(=O)CNc1ncnc(OC)c1C. The number of carbonyl (C=O) groups excluding carboxylic acids is 1. The molecular weight excluding hydrogens is 196 g/mol. The van der Waals surface area contributed by atoms with Crippen LogP contribution in [0.2, 0.25) is 0 Å². The molecule has 0 atom stereocenters. The second-order valence-corrected chi connectivity index (χ2v) is 2.88. The summed E-state index contributed by atoms with van der Waals surface area (Å²) in [5, 5.41) is 5.40. The van der Waals surface area contributed by atoms with Gasteiger partial charge < -0.3 is 15.4 Å². The van der Waals surface area contributed by atoms with Gasteiger partial charge in [0.1, 0.15) is 12.1 Å². The van der Waals surface area contributed by atoms with Gasteiger partial charge in [0.25, 0.3) is 0 Å². The Labute approximate surface area is 88.1 Å². The van der Waals surface area contributed by atoms with Crippen LogP contribution >= 0.6 is 0 Å². The van der Waals surface area contributed by atoms with Gasteiger partial charge in [-0.15, -0.1) is 0 Å². The van der Waals surface area contributed by atoms with Gasteiger partial charge in [-0.2, -0.15) is 0 Å². The third-order valence-electron chi connectivity index (χ3n) is 1.93. The lowest BCUT2D eigenvalue weighted by Gasteiger charge is -2.09. The van der Waals surface area contributed by atoms with Crippen molar-refractivity contribution in [1.82, 2.24) is 15.3 Å². The molecule has 0 fully saturated rings. The molecule has 0 radical (unpaired) electrons. The average molecular weight is 210 g/mol. The predicted octanol–water partition coefficient (Wildman–Crippen LogP) is -0.0485. The number of amides is 1. The Kier molecular flexibility index (Phi) is 3.84. The second-order valence-electron chi connectivity index (χ2n) is 2.88. The number of carbonyl (C=O) groups is 1. The summed E-state index contributed by atoms with van der Waals surface area (Å²) in [4.78, 5) is 18.9. The first kappa shape index (κ1) is 11.2. The average Bonchev–Trinajstić information content (AvgIpc) is 2.27. The van der Waals surface area contributed by atoms with Crippen LogP contribution in [0.3, 0.4) is 0 Å². The first-order valence-electron chi connectivity index (χ1n) is 4.49. The van der Waals surface area contributed by atoms with E-state index < -0.39 is 0 Å². The predicted molar refractivity (Wildman–Crippen MR) is 55.9 cm³/mol. The number of methoxy groups -OCH3 is 1. The summed E-state index contributed by atoms with van der Waals surface area (Å²) < 4.78 is 5.03. The maximum absolute atomic E-state index is 11.0. The molecule has 6 heteroatoms. The van der Waals surface area contributed by atoms with E-state index in [-0.39, 0.29) is 12.5 Å². The van der Waals surface area contributed by atoms with Crippen molar-refractivity contribution in [3.8, 4) is 5.88 Å². The Morgan fingerprint density at radius 1 is 1.53 bits per heavy atom. The summed E-state index contributed by atoms with van der Waals surface area (Å²) in [5.41, 5.74) is 0.781. The Bertz CT molecular complexity index is 354. The number of nitrogens with one attached hydrogen (secondary N) is 2. The zero-order valence-electron chi connectivity index (χ0n) is 9.00. The van der Waals surface area contributed by atoms with E-state index in [1.807, 2.05) is 6.92 Å². The summed E-state index contributed by atoms with van der Waals surface area (Å²) in [7, 11) is 3.12. The third-order valence-corrected chi connectivity index (χ3v) is 1.93. The lowest BCUT2D eigenvalue weighted by atomic mass is 10.3. The number of anilines is 1. The summed E-state index contributed by atoms with van der Waals surface area (Å²) in [6.45, 7) is 2.00. The van der Waals surface area contributed by atoms with E-state index in [0.29, 0.717) is 11.7 Å². The molecule has 1 aromatic heterocycles. The Morgan fingerprint density at radius 3 is 2.87 bits per heavy atom. The molecule has 1 heterocycles. The lowest BCUT2D eigenvalue weighted by molar-refractivity contribution is -0.118. The molecule has 0 spiro atoms. The van der Waals surface area contributed by atoms with E-state index in [1.165, 1.54) is 13.4 Å². The molecule has 6 nitrogen and oxygen atoms in total. The van der Waals surface area contributed by atoms with Crippen molar-refractivity contribution in [2.75, 3.05) is 26.0 Å². The molecule has 0 aliphatic carbocycles. The fourth-order valence-electron chi connectivity index (χ4n) is 1.07. The van der Waals surface area contributed by atoms with Crippen LogP contribution in [0.25, 0.3) is 0 Å². The van der Waals surface area contributed by atoms with E-state index in [1.54, 1.807) is 7.05 Å². The molecule has 1 amide bonds. The van der Waals surface area contributed by atoms with Crippen molar-refractivity contribution in [3.63, 3.8) is 0 Å². The van der Waals surface area contributed by atoms with Gasteiger partial charge in [-0.25, -0.2) is 9.97 Å². The number of hydrogen-bond donors (Lipinski definition) is 2. The van der Waals surface area contributed by atoms with Gasteiger partial charge in [0.05, 0.1) is 19.2 Å². The van der Waals surface area contributed by atoms with Crippen LogP contribution in [0.4, 0.5) is 5.82 Å². The highest BCUT2D eigenvalue weighted by molar-refractivity contribution is 5.80. The molecule has 2 N–H and O–H groups in total. The lowest BCUT2D eigenvalue weighted by Crippen LogP contribution is -2.26. The maximum atomic E-state index is 11.0. The first-order chi connectivity index (χ1) is 7.19. The number of hydrogen-bond acceptors (Lipinski definition) is 5. The standard InChI is InChI=1S/C9H14N4O2/c1-6-8(11-4-7(14)10-2)12-5-13-9(6)15-3/h5H,4H2,1-3H3,(H,10,14)(H,11,12,13). The van der Waals surface area contributed by atoms with E-state index in [9.17, 15) is 4.79 Å². The van der Waals surface area contributed by atoms with Crippen molar-refractivity contribution >= 4 is 11.7 Å². The zero-order chi connectivity index (χ0) is 11.3.